The molecule has 1 unspecified atom stereocenters. The molecule has 0 aliphatic heterocycles. The summed E-state index contributed by atoms with van der Waals surface area (Å²) in [6.45, 7) is 22.7. The molecule has 1 radical (unpaired) electrons. The smallest absolute Gasteiger partial charge is 0.0880 e. The second-order valence-electron chi connectivity index (χ2n) is 8.42. The van der Waals surface area contributed by atoms with Crippen molar-refractivity contribution in [2.45, 2.75) is 86.7 Å². The zero-order chi connectivity index (χ0) is 19.4. The van der Waals surface area contributed by atoms with E-state index >= 15 is 0 Å². The van der Waals surface area contributed by atoms with Crippen LogP contribution in [0.1, 0.15) is 73.4 Å². The molecule has 0 fully saturated rings. The van der Waals surface area contributed by atoms with Crippen molar-refractivity contribution in [2.24, 2.45) is 5.92 Å². The van der Waals surface area contributed by atoms with Gasteiger partial charge in [-0.25, -0.2) is 5.57 Å². The van der Waals surface area contributed by atoms with E-state index in [9.17, 15) is 0 Å². The molecule has 0 amide bonds. The Kier molecular flexibility index (Phi) is 20.6. The van der Waals surface area contributed by atoms with Crippen LogP contribution in [-0.4, -0.2) is 8.80 Å². The fourth-order valence-electron chi connectivity index (χ4n) is 2.98. The third-order valence-electron chi connectivity index (χ3n) is 5.66. The predicted molar refractivity (Wildman–Crippen MR) is 138 cm³/mol. The van der Waals surface area contributed by atoms with Crippen LogP contribution in [0, 0.1) is 12.0 Å². The van der Waals surface area contributed by atoms with Crippen molar-refractivity contribution in [3.8, 4) is 0 Å². The van der Waals surface area contributed by atoms with Crippen LogP contribution in [0.5, 0.6) is 0 Å². The molecule has 1 atom stereocenters. The zero-order valence-electron chi connectivity index (χ0n) is 19.9. The minimum Gasteiger partial charge on any atom is -0.266 e. The standard InChI is InChI=1S/C15H25Si.C9H13.3ClH.Ti/c1-7-12-9-13(8-2)11-14(10-12)16(6)15(3,4)5;1-6-5-7(2)9(4)8(6)3;;;;/h9-11H,7-8H2,1-6H3;6H,1-4H3;3*1H;/q;-1;;;;. The maximum Gasteiger partial charge on any atom is 0.0880 e. The van der Waals surface area contributed by atoms with Gasteiger partial charge in [0.25, 0.3) is 0 Å². The Morgan fingerprint density at radius 2 is 1.31 bits per heavy atom. The summed E-state index contributed by atoms with van der Waals surface area (Å²) in [5.74, 6) is 0.560. The van der Waals surface area contributed by atoms with Crippen LogP contribution in [0.15, 0.2) is 34.9 Å². The molecule has 0 aromatic heterocycles. The van der Waals surface area contributed by atoms with Crippen LogP contribution in [0.4, 0.5) is 0 Å². The Morgan fingerprint density at radius 1 is 0.897 bits per heavy atom. The Balaban J connectivity index is -0.000000210. The average molecular weight is 512 g/mol. The number of rotatable bonds is 3. The molecule has 5 heteroatoms. The molecule has 1 aromatic rings. The Hall–Kier alpha value is 0.501. The second-order valence-corrected chi connectivity index (χ2v) is 11.7. The minimum absolute atomic E-state index is 0. The number of allylic oxidation sites excluding steroid dienone is 4. The van der Waals surface area contributed by atoms with E-state index in [0.29, 0.717) is 11.0 Å². The van der Waals surface area contributed by atoms with Gasteiger partial charge < -0.3 is 0 Å². The van der Waals surface area contributed by atoms with Crippen LogP contribution in [0.3, 0.4) is 0 Å². The molecular formula is C24H41Cl3SiTi-. The summed E-state index contributed by atoms with van der Waals surface area (Å²) in [5.41, 5.74) is 7.25. The van der Waals surface area contributed by atoms with E-state index in [0.717, 1.165) is 12.8 Å². The monoisotopic (exact) mass is 510 g/mol. The van der Waals surface area contributed by atoms with Gasteiger partial charge >= 0.3 is 0 Å². The maximum atomic E-state index is 3.36. The number of benzene rings is 1. The first-order valence-electron chi connectivity index (χ1n) is 9.76. The fraction of sp³-hybridized carbons (Fsp3) is 0.583. The van der Waals surface area contributed by atoms with Gasteiger partial charge in [-0.3, -0.25) is 6.08 Å². The van der Waals surface area contributed by atoms with Crippen molar-refractivity contribution in [3.63, 3.8) is 0 Å². The van der Waals surface area contributed by atoms with Crippen LogP contribution in [-0.2, 0) is 34.6 Å². The van der Waals surface area contributed by atoms with Gasteiger partial charge in [0.05, 0.1) is 8.80 Å². The van der Waals surface area contributed by atoms with Crippen molar-refractivity contribution in [1.29, 1.82) is 0 Å². The van der Waals surface area contributed by atoms with E-state index in [1.165, 1.54) is 27.8 Å². The van der Waals surface area contributed by atoms with E-state index in [1.807, 2.05) is 0 Å². The van der Waals surface area contributed by atoms with Gasteiger partial charge in [-0.05, 0) is 29.0 Å². The molecule has 29 heavy (non-hydrogen) atoms. The van der Waals surface area contributed by atoms with Gasteiger partial charge in [0.1, 0.15) is 0 Å². The minimum atomic E-state index is -0.447. The van der Waals surface area contributed by atoms with E-state index in [1.54, 1.807) is 5.19 Å². The average Bonchev–Trinajstić information content (AvgIpc) is 2.79. The summed E-state index contributed by atoms with van der Waals surface area (Å²) < 4.78 is 0. The number of hydrogen-bond acceptors (Lipinski definition) is 0. The Bertz CT molecular complexity index is 638. The molecule has 0 saturated heterocycles. The third kappa shape index (κ3) is 11.1. The second kappa shape index (κ2) is 16.2. The maximum absolute atomic E-state index is 3.36. The molecule has 1 aromatic carbocycles. The number of halogens is 3. The van der Waals surface area contributed by atoms with Gasteiger partial charge in [0.2, 0.25) is 0 Å². The summed E-state index contributed by atoms with van der Waals surface area (Å²) in [4.78, 5) is 0. The van der Waals surface area contributed by atoms with Crippen molar-refractivity contribution in [1.82, 2.24) is 0 Å². The molecule has 0 spiro atoms. The van der Waals surface area contributed by atoms with E-state index in [2.05, 4.69) is 93.1 Å². The van der Waals surface area contributed by atoms with Crippen molar-refractivity contribution < 1.29 is 21.7 Å². The molecule has 0 bridgehead atoms. The van der Waals surface area contributed by atoms with Crippen molar-refractivity contribution >= 4 is 51.2 Å². The summed E-state index contributed by atoms with van der Waals surface area (Å²) in [6.07, 6.45) is 5.66. The topological polar surface area (TPSA) is 0 Å². The van der Waals surface area contributed by atoms with E-state index in [-0.39, 0.29) is 58.9 Å². The largest absolute Gasteiger partial charge is 0.266 e. The molecule has 167 valence electrons. The van der Waals surface area contributed by atoms with Gasteiger partial charge in [-0.15, -0.1) is 44.1 Å². The Morgan fingerprint density at radius 3 is 1.52 bits per heavy atom. The first kappa shape index (κ1) is 36.9. The molecule has 0 heterocycles. The number of hydrogen-bond donors (Lipinski definition) is 0. The Labute approximate surface area is 216 Å². The molecule has 1 aliphatic carbocycles. The molecular weight excluding hydrogens is 471 g/mol. The fourth-order valence-corrected chi connectivity index (χ4v) is 4.65. The van der Waals surface area contributed by atoms with E-state index in [4.69, 9.17) is 0 Å². The summed E-state index contributed by atoms with van der Waals surface area (Å²) in [7, 11) is -0.447. The molecule has 0 nitrogen and oxygen atoms in total. The first-order chi connectivity index (χ1) is 11.5. The SMILES string of the molecule is CC1=[C-]C(C)C(C)=C1C.CCc1cc(CC)cc([Si](C)C(C)(C)C)c1.Cl.Cl.Cl.[Ti]. The van der Waals surface area contributed by atoms with Gasteiger partial charge in [0, 0.05) is 21.7 Å². The summed E-state index contributed by atoms with van der Waals surface area (Å²) >= 11 is 0. The van der Waals surface area contributed by atoms with Crippen molar-refractivity contribution in [2.75, 3.05) is 0 Å². The summed E-state index contributed by atoms with van der Waals surface area (Å²) in [6, 6.07) is 7.22. The molecule has 1 aliphatic rings. The van der Waals surface area contributed by atoms with Crippen LogP contribution >= 0.6 is 37.2 Å². The van der Waals surface area contributed by atoms with Gasteiger partial charge in [0.15, 0.2) is 0 Å². The molecule has 0 N–H and O–H groups in total. The van der Waals surface area contributed by atoms with Crippen LogP contribution in [0.2, 0.25) is 11.6 Å². The van der Waals surface area contributed by atoms with Crippen molar-refractivity contribution in [3.05, 3.63) is 52.1 Å². The molecule has 2 rings (SSSR count). The zero-order valence-corrected chi connectivity index (χ0v) is 25.0. The van der Waals surface area contributed by atoms with Gasteiger partial charge in [-0.1, -0.05) is 91.2 Å². The third-order valence-corrected chi connectivity index (χ3v) is 9.07. The first-order valence-corrected chi connectivity index (χ1v) is 11.8. The number of aryl methyl sites for hydroxylation is 2. The van der Waals surface area contributed by atoms with Crippen LogP contribution < -0.4 is 5.19 Å². The molecule has 0 saturated carbocycles. The van der Waals surface area contributed by atoms with Crippen LogP contribution in [0.25, 0.3) is 0 Å². The summed E-state index contributed by atoms with van der Waals surface area (Å²) in [5, 5.41) is 2.05. The predicted octanol–water partition coefficient (Wildman–Crippen LogP) is 7.93. The van der Waals surface area contributed by atoms with E-state index < -0.39 is 8.80 Å². The van der Waals surface area contributed by atoms with Gasteiger partial charge in [-0.2, -0.15) is 11.1 Å². The quantitative estimate of drug-likeness (QED) is 0.285. The normalized spacial score (nSPS) is 15.1.